The van der Waals surface area contributed by atoms with Crippen molar-refractivity contribution in [2.45, 2.75) is 32.5 Å². The third kappa shape index (κ3) is 4.05. The molecule has 156 valence electrons. The molecule has 2 N–H and O–H groups in total. The molecule has 1 saturated heterocycles. The van der Waals surface area contributed by atoms with Crippen molar-refractivity contribution in [1.82, 2.24) is 25.5 Å². The number of aromatic nitrogens is 4. The number of anilines is 1. The summed E-state index contributed by atoms with van der Waals surface area (Å²) in [5.41, 5.74) is -0.341. The van der Waals surface area contributed by atoms with Gasteiger partial charge in [-0.3, -0.25) is 5.10 Å². The molecular formula is C20H25F3N6. The van der Waals surface area contributed by atoms with Gasteiger partial charge < -0.3 is 10.2 Å². The normalized spacial score (nSPS) is 18.0. The Bertz CT molecular complexity index is 1000. The van der Waals surface area contributed by atoms with Crippen molar-refractivity contribution in [1.29, 1.82) is 0 Å². The first kappa shape index (κ1) is 19.6. The number of halogens is 3. The van der Waals surface area contributed by atoms with Crippen LogP contribution in [0.4, 0.5) is 19.0 Å². The van der Waals surface area contributed by atoms with Crippen LogP contribution in [0.5, 0.6) is 0 Å². The minimum atomic E-state index is -4.52. The van der Waals surface area contributed by atoms with Crippen molar-refractivity contribution in [3.63, 3.8) is 0 Å². The number of hydrogen-bond donors (Lipinski definition) is 2. The van der Waals surface area contributed by atoms with Gasteiger partial charge in [0.05, 0.1) is 11.3 Å². The zero-order chi connectivity index (χ0) is 20.6. The van der Waals surface area contributed by atoms with Gasteiger partial charge in [-0.2, -0.15) is 18.3 Å². The summed E-state index contributed by atoms with van der Waals surface area (Å²) >= 11 is 0. The van der Waals surface area contributed by atoms with Gasteiger partial charge in [-0.15, -0.1) is 0 Å². The first-order chi connectivity index (χ1) is 13.8. The van der Waals surface area contributed by atoms with E-state index in [9.17, 15) is 13.2 Å². The molecule has 0 spiro atoms. The Balaban J connectivity index is 0.00000256. The van der Waals surface area contributed by atoms with Crippen LogP contribution in [0.1, 0.15) is 27.3 Å². The van der Waals surface area contributed by atoms with Gasteiger partial charge in [0.15, 0.2) is 5.65 Å². The van der Waals surface area contributed by atoms with E-state index in [0.717, 1.165) is 19.0 Å². The molecule has 4 heterocycles. The molecule has 1 atom stereocenters. The number of nitrogens with one attached hydrogen (secondary N) is 2. The van der Waals surface area contributed by atoms with E-state index in [1.165, 1.54) is 6.07 Å². The van der Waals surface area contributed by atoms with Crippen LogP contribution in [-0.4, -0.2) is 45.8 Å². The van der Waals surface area contributed by atoms with E-state index in [-0.39, 0.29) is 18.9 Å². The summed E-state index contributed by atoms with van der Waals surface area (Å²) in [6.07, 6.45) is -1.97. The van der Waals surface area contributed by atoms with Crippen LogP contribution < -0.4 is 10.2 Å². The second-order valence-corrected chi connectivity index (χ2v) is 7.76. The highest BCUT2D eigenvalue weighted by molar-refractivity contribution is 5.90. The molecule has 3 aromatic rings. The zero-order valence-electron chi connectivity index (χ0n) is 16.3. The second kappa shape index (κ2) is 7.62. The topological polar surface area (TPSA) is 69.7 Å². The van der Waals surface area contributed by atoms with Crippen molar-refractivity contribution >= 4 is 16.9 Å². The Hall–Kier alpha value is -2.68. The Kier molecular flexibility index (Phi) is 5.16. The molecule has 6 nitrogen and oxygen atoms in total. The molecule has 9 heteroatoms. The molecule has 3 aromatic heterocycles. The molecule has 0 unspecified atom stereocenters. The van der Waals surface area contributed by atoms with Gasteiger partial charge >= 0.3 is 6.18 Å². The summed E-state index contributed by atoms with van der Waals surface area (Å²) in [7, 11) is 0. The van der Waals surface area contributed by atoms with Crippen LogP contribution in [0.2, 0.25) is 0 Å². The molecule has 0 aliphatic carbocycles. The Labute approximate surface area is 168 Å². The first-order valence-corrected chi connectivity index (χ1v) is 9.69. The molecule has 0 aromatic carbocycles. The number of aromatic amines is 1. The number of H-pyrrole nitrogens is 1. The molecule has 29 heavy (non-hydrogen) atoms. The monoisotopic (exact) mass is 406 g/mol. The molecule has 1 aliphatic heterocycles. The lowest BCUT2D eigenvalue weighted by Gasteiger charge is -2.35. The fourth-order valence-corrected chi connectivity index (χ4v) is 3.84. The van der Waals surface area contributed by atoms with E-state index in [4.69, 9.17) is 0 Å². The molecule has 4 rings (SSSR count). The summed E-state index contributed by atoms with van der Waals surface area (Å²) in [6, 6.07) is 6.22. The third-order valence-corrected chi connectivity index (χ3v) is 5.09. The minimum absolute atomic E-state index is 0. The Morgan fingerprint density at radius 3 is 2.86 bits per heavy atom. The first-order valence-electron chi connectivity index (χ1n) is 9.69. The highest BCUT2D eigenvalue weighted by atomic mass is 19.4. The van der Waals surface area contributed by atoms with Crippen molar-refractivity contribution in [3.8, 4) is 11.4 Å². The molecule has 1 fully saturated rings. The van der Waals surface area contributed by atoms with Gasteiger partial charge in [0, 0.05) is 38.7 Å². The van der Waals surface area contributed by atoms with Crippen LogP contribution >= 0.6 is 0 Å². The number of pyridine rings is 2. The predicted molar refractivity (Wildman–Crippen MR) is 108 cm³/mol. The number of hydrogen-bond acceptors (Lipinski definition) is 5. The maximum atomic E-state index is 13.7. The van der Waals surface area contributed by atoms with E-state index in [1.807, 2.05) is 4.90 Å². The Morgan fingerprint density at radius 1 is 1.28 bits per heavy atom. The highest BCUT2D eigenvalue weighted by Crippen LogP contribution is 2.38. The lowest BCUT2D eigenvalue weighted by molar-refractivity contribution is -0.137. The predicted octanol–water partition coefficient (Wildman–Crippen LogP) is 4.11. The van der Waals surface area contributed by atoms with Crippen molar-refractivity contribution in [2.24, 2.45) is 5.92 Å². The molecule has 0 bridgehead atoms. The van der Waals surface area contributed by atoms with Gasteiger partial charge in [0.25, 0.3) is 0 Å². The number of rotatable bonds is 4. The van der Waals surface area contributed by atoms with Gasteiger partial charge in [0.1, 0.15) is 11.5 Å². The fraction of sp³-hybridized carbons (Fsp3) is 0.450. The average molecular weight is 406 g/mol. The number of nitrogens with zero attached hydrogens (tertiary/aromatic N) is 4. The standard InChI is InChI=1S/C20H23F3N6.H2/c1-12(2)10-13-11-29(9-8-24-13)16-6-5-15(20(21,22)23)18(26-16)17-14-4-3-7-25-19(14)28-27-17;/h3-7,12-13,24H,8-11H2,1-2H3,(H,25,27,28);1H/t13-;/m0./s1. The summed E-state index contributed by atoms with van der Waals surface area (Å²) in [6.45, 7) is 6.49. The lowest BCUT2D eigenvalue weighted by Crippen LogP contribution is -2.51. The quantitative estimate of drug-likeness (QED) is 0.682. The molecule has 0 radical (unpaired) electrons. The second-order valence-electron chi connectivity index (χ2n) is 7.76. The van der Waals surface area contributed by atoms with Crippen LogP contribution in [0.3, 0.4) is 0 Å². The van der Waals surface area contributed by atoms with Crippen LogP contribution in [0.15, 0.2) is 30.5 Å². The van der Waals surface area contributed by atoms with E-state index < -0.39 is 11.7 Å². The van der Waals surface area contributed by atoms with E-state index in [1.54, 1.807) is 18.3 Å². The largest absolute Gasteiger partial charge is 0.418 e. The summed E-state index contributed by atoms with van der Waals surface area (Å²) in [5.74, 6) is 1.07. The summed E-state index contributed by atoms with van der Waals surface area (Å²) < 4.78 is 41.1. The smallest absolute Gasteiger partial charge is 0.354 e. The van der Waals surface area contributed by atoms with Gasteiger partial charge in [-0.05, 0) is 36.6 Å². The van der Waals surface area contributed by atoms with E-state index in [0.29, 0.717) is 35.9 Å². The van der Waals surface area contributed by atoms with Crippen LogP contribution in [0, 0.1) is 5.92 Å². The van der Waals surface area contributed by atoms with Gasteiger partial charge in [0.2, 0.25) is 0 Å². The van der Waals surface area contributed by atoms with E-state index >= 15 is 0 Å². The van der Waals surface area contributed by atoms with Gasteiger partial charge in [-0.1, -0.05) is 13.8 Å². The third-order valence-electron chi connectivity index (χ3n) is 5.09. The number of fused-ring (bicyclic) bond motifs is 1. The maximum absolute atomic E-state index is 13.7. The number of alkyl halides is 3. The van der Waals surface area contributed by atoms with Crippen molar-refractivity contribution in [3.05, 3.63) is 36.0 Å². The molecule has 0 saturated carbocycles. The molecule has 1 aliphatic rings. The Morgan fingerprint density at radius 2 is 2.10 bits per heavy atom. The average Bonchev–Trinajstić information content (AvgIpc) is 3.10. The van der Waals surface area contributed by atoms with Gasteiger partial charge in [-0.25, -0.2) is 9.97 Å². The molecule has 0 amide bonds. The molecular weight excluding hydrogens is 381 g/mol. The summed E-state index contributed by atoms with van der Waals surface area (Å²) in [5, 5.41) is 10.7. The van der Waals surface area contributed by atoms with Crippen molar-refractivity contribution < 1.29 is 14.6 Å². The zero-order valence-corrected chi connectivity index (χ0v) is 16.3. The lowest BCUT2D eigenvalue weighted by atomic mass is 10.0. The highest BCUT2D eigenvalue weighted by Gasteiger charge is 2.36. The SMILES string of the molecule is CC(C)C[C@H]1CN(c2ccc(C(F)(F)F)c(-c3[nH]nc4ncccc34)n2)CCN1.[HH]. The minimum Gasteiger partial charge on any atom is -0.354 e. The maximum Gasteiger partial charge on any atom is 0.418 e. The summed E-state index contributed by atoms with van der Waals surface area (Å²) in [4.78, 5) is 10.6. The van der Waals surface area contributed by atoms with Crippen molar-refractivity contribution in [2.75, 3.05) is 24.5 Å². The van der Waals surface area contributed by atoms with Crippen LogP contribution in [0.25, 0.3) is 22.4 Å². The fourth-order valence-electron chi connectivity index (χ4n) is 3.84. The van der Waals surface area contributed by atoms with E-state index in [2.05, 4.69) is 39.3 Å². The van der Waals surface area contributed by atoms with Crippen LogP contribution in [-0.2, 0) is 6.18 Å². The number of piperazine rings is 1.